The van der Waals surface area contributed by atoms with Gasteiger partial charge in [0.2, 0.25) is 10.0 Å². The quantitative estimate of drug-likeness (QED) is 0.273. The van der Waals surface area contributed by atoms with Gasteiger partial charge in [0, 0.05) is 46.9 Å². The Morgan fingerprint density at radius 1 is 1.10 bits per heavy atom. The second kappa shape index (κ2) is 12.4. The first kappa shape index (κ1) is 26.3. The first-order valence-corrected chi connectivity index (χ1v) is 12.5. The molecule has 0 bridgehead atoms. The van der Waals surface area contributed by atoms with Crippen LogP contribution in [-0.4, -0.2) is 59.1 Å². The Balaban J connectivity index is 0.00000341. The third-order valence-corrected chi connectivity index (χ3v) is 8.35. The van der Waals surface area contributed by atoms with Gasteiger partial charge in [0.25, 0.3) is 0 Å². The summed E-state index contributed by atoms with van der Waals surface area (Å²) in [5.74, 6) is 0.771. The number of ether oxygens (including phenoxy) is 1. The van der Waals surface area contributed by atoms with Crippen LogP contribution in [0.2, 0.25) is 0 Å². The van der Waals surface area contributed by atoms with E-state index in [0.29, 0.717) is 29.9 Å². The highest BCUT2D eigenvalue weighted by atomic mass is 127. The number of nitrogens with zero attached hydrogens (tertiary/aromatic N) is 2. The maximum atomic E-state index is 12.6. The number of sulfonamides is 1. The Morgan fingerprint density at radius 2 is 1.74 bits per heavy atom. The van der Waals surface area contributed by atoms with Crippen molar-refractivity contribution in [2.75, 3.05) is 40.4 Å². The standard InChI is InChI=1S/C22H36N4O3S.HI/c1-23-21(25-18-22(13-16-29-2)11-3-4-12-22)24-17-19-7-9-20(10-8-19)30(27,28)26-14-5-6-15-26;/h7-10H,3-6,11-18H2,1-2H3,(H2,23,24,25);1H. The minimum Gasteiger partial charge on any atom is -0.385 e. The van der Waals surface area contributed by atoms with Crippen molar-refractivity contribution in [1.82, 2.24) is 14.9 Å². The molecule has 0 atom stereocenters. The first-order chi connectivity index (χ1) is 14.5. The predicted molar refractivity (Wildman–Crippen MR) is 135 cm³/mol. The number of aliphatic imine (C=N–C) groups is 1. The van der Waals surface area contributed by atoms with Crippen LogP contribution in [0.3, 0.4) is 0 Å². The fourth-order valence-corrected chi connectivity index (χ4v) is 6.01. The summed E-state index contributed by atoms with van der Waals surface area (Å²) >= 11 is 0. The van der Waals surface area contributed by atoms with Crippen molar-refractivity contribution in [3.05, 3.63) is 29.8 Å². The van der Waals surface area contributed by atoms with E-state index in [1.54, 1.807) is 30.6 Å². The van der Waals surface area contributed by atoms with Gasteiger partial charge >= 0.3 is 0 Å². The molecule has 31 heavy (non-hydrogen) atoms. The fourth-order valence-electron chi connectivity index (χ4n) is 4.49. The Kier molecular flexibility index (Phi) is 10.5. The van der Waals surface area contributed by atoms with Crippen LogP contribution in [0.5, 0.6) is 0 Å². The normalized spacial score (nSPS) is 19.2. The molecule has 1 aromatic carbocycles. The topological polar surface area (TPSA) is 83.0 Å². The minimum absolute atomic E-state index is 0. The van der Waals surface area contributed by atoms with Crippen LogP contribution in [0.15, 0.2) is 34.2 Å². The molecule has 0 amide bonds. The highest BCUT2D eigenvalue weighted by Gasteiger charge is 2.33. The van der Waals surface area contributed by atoms with Gasteiger partial charge in [-0.15, -0.1) is 24.0 Å². The molecule has 0 unspecified atom stereocenters. The van der Waals surface area contributed by atoms with E-state index in [2.05, 4.69) is 15.6 Å². The van der Waals surface area contributed by atoms with Gasteiger partial charge in [-0.1, -0.05) is 25.0 Å². The number of halogens is 1. The molecular weight excluding hydrogens is 527 g/mol. The second-order valence-corrected chi connectivity index (χ2v) is 10.4. The lowest BCUT2D eigenvalue weighted by Gasteiger charge is -2.30. The highest BCUT2D eigenvalue weighted by molar-refractivity contribution is 14.0. The van der Waals surface area contributed by atoms with Gasteiger partial charge < -0.3 is 15.4 Å². The second-order valence-electron chi connectivity index (χ2n) is 8.48. The molecule has 1 aliphatic carbocycles. The molecule has 1 saturated heterocycles. The molecule has 9 heteroatoms. The van der Waals surface area contributed by atoms with Crippen molar-refractivity contribution in [2.45, 2.75) is 56.4 Å². The predicted octanol–water partition coefficient (Wildman–Crippen LogP) is 3.35. The zero-order chi connectivity index (χ0) is 21.5. The number of methoxy groups -OCH3 is 1. The summed E-state index contributed by atoms with van der Waals surface area (Å²) in [5, 5.41) is 6.83. The van der Waals surface area contributed by atoms with Crippen LogP contribution in [0.1, 0.15) is 50.5 Å². The Morgan fingerprint density at radius 3 is 2.32 bits per heavy atom. The highest BCUT2D eigenvalue weighted by Crippen LogP contribution is 2.40. The number of nitrogens with one attached hydrogen (secondary N) is 2. The van der Waals surface area contributed by atoms with Gasteiger partial charge in [-0.3, -0.25) is 4.99 Å². The van der Waals surface area contributed by atoms with Gasteiger partial charge in [0.15, 0.2) is 5.96 Å². The van der Waals surface area contributed by atoms with Crippen molar-refractivity contribution in [1.29, 1.82) is 0 Å². The fraction of sp³-hybridized carbons (Fsp3) is 0.682. The van der Waals surface area contributed by atoms with Crippen LogP contribution < -0.4 is 10.6 Å². The van der Waals surface area contributed by atoms with E-state index in [1.165, 1.54) is 25.7 Å². The summed E-state index contributed by atoms with van der Waals surface area (Å²) in [5.41, 5.74) is 1.31. The van der Waals surface area contributed by atoms with E-state index in [9.17, 15) is 8.42 Å². The third-order valence-electron chi connectivity index (χ3n) is 6.44. The monoisotopic (exact) mass is 564 g/mol. The first-order valence-electron chi connectivity index (χ1n) is 11.0. The van der Waals surface area contributed by atoms with E-state index in [4.69, 9.17) is 4.74 Å². The molecule has 2 N–H and O–H groups in total. The third kappa shape index (κ3) is 7.03. The number of hydrogen-bond donors (Lipinski definition) is 2. The molecule has 2 aliphatic rings. The van der Waals surface area contributed by atoms with Gasteiger partial charge in [0.1, 0.15) is 0 Å². The molecular formula is C22H37IN4O3S. The number of guanidine groups is 1. The minimum atomic E-state index is -3.36. The smallest absolute Gasteiger partial charge is 0.243 e. The maximum absolute atomic E-state index is 12.6. The van der Waals surface area contributed by atoms with Crippen LogP contribution in [0, 0.1) is 5.41 Å². The van der Waals surface area contributed by atoms with Gasteiger partial charge in [-0.05, 0) is 55.2 Å². The summed E-state index contributed by atoms with van der Waals surface area (Å²) in [7, 11) is 0.180. The maximum Gasteiger partial charge on any atom is 0.243 e. The van der Waals surface area contributed by atoms with Gasteiger partial charge in [-0.25, -0.2) is 8.42 Å². The molecule has 3 rings (SSSR count). The molecule has 0 aromatic heterocycles. The van der Waals surface area contributed by atoms with Crippen molar-refractivity contribution < 1.29 is 13.2 Å². The zero-order valence-electron chi connectivity index (χ0n) is 18.7. The average Bonchev–Trinajstić information content (AvgIpc) is 3.46. The van der Waals surface area contributed by atoms with Crippen molar-refractivity contribution in [3.63, 3.8) is 0 Å². The molecule has 1 aliphatic heterocycles. The summed E-state index contributed by atoms with van der Waals surface area (Å²) in [6.07, 6.45) is 7.98. The molecule has 2 fully saturated rings. The summed E-state index contributed by atoms with van der Waals surface area (Å²) < 4.78 is 32.2. The van der Waals surface area contributed by atoms with E-state index in [0.717, 1.165) is 43.9 Å². The summed E-state index contributed by atoms with van der Waals surface area (Å²) in [6, 6.07) is 7.17. The molecule has 0 spiro atoms. The van der Waals surface area contributed by atoms with E-state index in [1.807, 2.05) is 12.1 Å². The average molecular weight is 565 g/mol. The van der Waals surface area contributed by atoms with E-state index < -0.39 is 10.0 Å². The Hall–Kier alpha value is -0.910. The number of rotatable bonds is 9. The van der Waals surface area contributed by atoms with Gasteiger partial charge in [0.05, 0.1) is 4.90 Å². The van der Waals surface area contributed by atoms with Gasteiger partial charge in [-0.2, -0.15) is 4.31 Å². The van der Waals surface area contributed by atoms with Crippen molar-refractivity contribution in [2.24, 2.45) is 10.4 Å². The number of benzene rings is 1. The van der Waals surface area contributed by atoms with Crippen LogP contribution in [0.4, 0.5) is 0 Å². The van der Waals surface area contributed by atoms with Crippen molar-refractivity contribution in [3.8, 4) is 0 Å². The molecule has 0 radical (unpaired) electrons. The zero-order valence-corrected chi connectivity index (χ0v) is 21.9. The Bertz CT molecular complexity index is 803. The molecule has 1 saturated carbocycles. The van der Waals surface area contributed by atoms with E-state index in [-0.39, 0.29) is 24.0 Å². The number of hydrogen-bond acceptors (Lipinski definition) is 4. The van der Waals surface area contributed by atoms with E-state index >= 15 is 0 Å². The SMILES string of the molecule is CN=C(NCc1ccc(S(=O)(=O)N2CCCC2)cc1)NCC1(CCOC)CCCC1.I. The van der Waals surface area contributed by atoms with Crippen LogP contribution >= 0.6 is 24.0 Å². The lowest BCUT2D eigenvalue weighted by molar-refractivity contribution is 0.138. The lowest BCUT2D eigenvalue weighted by atomic mass is 9.83. The lowest BCUT2D eigenvalue weighted by Crippen LogP contribution is -2.43. The summed E-state index contributed by atoms with van der Waals surface area (Å²) in [4.78, 5) is 4.72. The van der Waals surface area contributed by atoms with Crippen LogP contribution in [-0.2, 0) is 21.3 Å². The van der Waals surface area contributed by atoms with Crippen LogP contribution in [0.25, 0.3) is 0 Å². The molecule has 176 valence electrons. The Labute approximate surface area is 204 Å². The summed E-state index contributed by atoms with van der Waals surface area (Å²) in [6.45, 7) is 3.53. The molecule has 1 heterocycles. The van der Waals surface area contributed by atoms with Crippen molar-refractivity contribution >= 4 is 40.0 Å². The molecule has 1 aromatic rings. The largest absolute Gasteiger partial charge is 0.385 e. The molecule has 7 nitrogen and oxygen atoms in total.